The molecule has 0 fully saturated rings. The fraction of sp³-hybridized carbons (Fsp3) is 0.176. The number of anilines is 2. The van der Waals surface area contributed by atoms with Crippen LogP contribution in [0.4, 0.5) is 11.4 Å². The number of fused-ring (bicyclic) bond motifs is 1. The number of benzene rings is 2. The highest BCUT2D eigenvalue weighted by Crippen LogP contribution is 2.40. The van der Waals surface area contributed by atoms with Gasteiger partial charge in [0.15, 0.2) is 0 Å². The number of para-hydroxylation sites is 2. The van der Waals surface area contributed by atoms with Crippen LogP contribution in [0, 0.1) is 0 Å². The maximum atomic E-state index is 4.23. The van der Waals surface area contributed by atoms with Gasteiger partial charge in [0.25, 0.3) is 0 Å². The van der Waals surface area contributed by atoms with E-state index in [9.17, 15) is 0 Å². The SMILES string of the molecule is C=C1CC(c2ccccc2NC)Nc2ccccc21. The standard InChI is InChI=1S/C17H18N2/c1-12-11-17(14-8-4-5-9-15(14)18-2)19-16-10-6-3-7-13(12)16/h3-10,17-19H,1,11H2,2H3. The van der Waals surface area contributed by atoms with Crippen molar-refractivity contribution in [3.05, 3.63) is 66.2 Å². The zero-order valence-electron chi connectivity index (χ0n) is 11.1. The second-order valence-electron chi connectivity index (χ2n) is 4.89. The molecule has 0 amide bonds. The second-order valence-corrected chi connectivity index (χ2v) is 4.89. The average Bonchev–Trinajstić information content (AvgIpc) is 2.47. The Balaban J connectivity index is 1.99. The van der Waals surface area contributed by atoms with Gasteiger partial charge in [0.05, 0.1) is 6.04 Å². The molecule has 2 heteroatoms. The van der Waals surface area contributed by atoms with Crippen LogP contribution in [0.2, 0.25) is 0 Å². The molecule has 1 heterocycles. The van der Waals surface area contributed by atoms with Crippen LogP contribution in [0.3, 0.4) is 0 Å². The summed E-state index contributed by atoms with van der Waals surface area (Å²) in [6.07, 6.45) is 0.940. The molecule has 0 saturated carbocycles. The summed E-state index contributed by atoms with van der Waals surface area (Å²) in [4.78, 5) is 0. The predicted molar refractivity (Wildman–Crippen MR) is 82.4 cm³/mol. The molecule has 2 aromatic carbocycles. The molecule has 1 unspecified atom stereocenters. The molecule has 0 aromatic heterocycles. The summed E-state index contributed by atoms with van der Waals surface area (Å²) in [5.74, 6) is 0. The third-order valence-corrected chi connectivity index (χ3v) is 3.69. The van der Waals surface area contributed by atoms with E-state index in [1.165, 1.54) is 28.1 Å². The zero-order chi connectivity index (χ0) is 13.2. The van der Waals surface area contributed by atoms with Gasteiger partial charge in [-0.15, -0.1) is 0 Å². The minimum Gasteiger partial charge on any atom is -0.388 e. The van der Waals surface area contributed by atoms with Gasteiger partial charge in [0, 0.05) is 24.0 Å². The Labute approximate surface area is 114 Å². The maximum absolute atomic E-state index is 4.23. The Morgan fingerprint density at radius 2 is 1.84 bits per heavy atom. The Bertz CT molecular complexity index is 616. The van der Waals surface area contributed by atoms with Crippen LogP contribution >= 0.6 is 0 Å². The van der Waals surface area contributed by atoms with Crippen molar-refractivity contribution in [3.63, 3.8) is 0 Å². The Morgan fingerprint density at radius 1 is 1.11 bits per heavy atom. The normalized spacial score (nSPS) is 17.5. The largest absolute Gasteiger partial charge is 0.388 e. The van der Waals surface area contributed by atoms with Gasteiger partial charge in [-0.1, -0.05) is 43.0 Å². The highest BCUT2D eigenvalue weighted by Gasteiger charge is 2.22. The molecule has 0 saturated heterocycles. The molecule has 1 aliphatic rings. The monoisotopic (exact) mass is 250 g/mol. The van der Waals surface area contributed by atoms with Crippen molar-refractivity contribution in [3.8, 4) is 0 Å². The number of hydrogen-bond donors (Lipinski definition) is 2. The van der Waals surface area contributed by atoms with Crippen LogP contribution in [0.5, 0.6) is 0 Å². The van der Waals surface area contributed by atoms with Crippen molar-refractivity contribution in [1.29, 1.82) is 0 Å². The van der Waals surface area contributed by atoms with E-state index >= 15 is 0 Å². The van der Waals surface area contributed by atoms with Crippen molar-refractivity contribution in [2.75, 3.05) is 17.7 Å². The summed E-state index contributed by atoms with van der Waals surface area (Å²) < 4.78 is 0. The summed E-state index contributed by atoms with van der Waals surface area (Å²) >= 11 is 0. The third-order valence-electron chi connectivity index (χ3n) is 3.69. The summed E-state index contributed by atoms with van der Waals surface area (Å²) in [5.41, 5.74) is 6.08. The van der Waals surface area contributed by atoms with Crippen molar-refractivity contribution in [2.24, 2.45) is 0 Å². The first-order valence-corrected chi connectivity index (χ1v) is 6.60. The lowest BCUT2D eigenvalue weighted by atomic mass is 9.89. The van der Waals surface area contributed by atoms with E-state index in [2.05, 4.69) is 65.7 Å². The molecule has 0 radical (unpaired) electrons. The van der Waals surface area contributed by atoms with E-state index in [4.69, 9.17) is 0 Å². The molecule has 96 valence electrons. The zero-order valence-corrected chi connectivity index (χ0v) is 11.1. The smallest absolute Gasteiger partial charge is 0.0574 e. The van der Waals surface area contributed by atoms with Gasteiger partial charge in [-0.25, -0.2) is 0 Å². The quantitative estimate of drug-likeness (QED) is 0.830. The summed E-state index contributed by atoms with van der Waals surface area (Å²) in [7, 11) is 1.96. The second kappa shape index (κ2) is 4.81. The number of rotatable bonds is 2. The van der Waals surface area contributed by atoms with E-state index in [-0.39, 0.29) is 6.04 Å². The highest BCUT2D eigenvalue weighted by molar-refractivity contribution is 5.79. The van der Waals surface area contributed by atoms with Crippen molar-refractivity contribution >= 4 is 16.9 Å². The van der Waals surface area contributed by atoms with Crippen LogP contribution in [0.15, 0.2) is 55.1 Å². The lowest BCUT2D eigenvalue weighted by Crippen LogP contribution is -2.18. The minimum atomic E-state index is 0.283. The Hall–Kier alpha value is -2.22. The lowest BCUT2D eigenvalue weighted by molar-refractivity contribution is 0.796. The van der Waals surface area contributed by atoms with Gasteiger partial charge in [-0.05, 0) is 29.7 Å². The van der Waals surface area contributed by atoms with Crippen molar-refractivity contribution in [2.45, 2.75) is 12.5 Å². The summed E-state index contributed by atoms with van der Waals surface area (Å²) in [6, 6.07) is 17.1. The maximum Gasteiger partial charge on any atom is 0.0574 e. The molecule has 3 rings (SSSR count). The van der Waals surface area contributed by atoms with E-state index in [0.717, 1.165) is 6.42 Å². The Kier molecular flexibility index (Phi) is 3.00. The molecule has 2 aromatic rings. The third kappa shape index (κ3) is 2.10. The van der Waals surface area contributed by atoms with Gasteiger partial charge in [-0.2, -0.15) is 0 Å². The van der Waals surface area contributed by atoms with Gasteiger partial charge >= 0.3 is 0 Å². The first-order chi connectivity index (χ1) is 9.29. The molecule has 2 N–H and O–H groups in total. The van der Waals surface area contributed by atoms with E-state index < -0.39 is 0 Å². The fourth-order valence-electron chi connectivity index (χ4n) is 2.73. The van der Waals surface area contributed by atoms with Crippen LogP contribution < -0.4 is 10.6 Å². The van der Waals surface area contributed by atoms with Gasteiger partial charge in [0.2, 0.25) is 0 Å². The number of hydrogen-bond acceptors (Lipinski definition) is 2. The first-order valence-electron chi connectivity index (χ1n) is 6.60. The lowest BCUT2D eigenvalue weighted by Gasteiger charge is -2.30. The molecule has 19 heavy (non-hydrogen) atoms. The molecule has 1 atom stereocenters. The minimum absolute atomic E-state index is 0.283. The molecule has 0 bridgehead atoms. The molecule has 0 aliphatic carbocycles. The van der Waals surface area contributed by atoms with Crippen molar-refractivity contribution in [1.82, 2.24) is 0 Å². The van der Waals surface area contributed by atoms with E-state index in [0.29, 0.717) is 0 Å². The molecule has 1 aliphatic heterocycles. The molecular formula is C17H18N2. The van der Waals surface area contributed by atoms with Crippen LogP contribution in [-0.4, -0.2) is 7.05 Å². The van der Waals surface area contributed by atoms with E-state index in [1.54, 1.807) is 0 Å². The topological polar surface area (TPSA) is 24.1 Å². The fourth-order valence-corrected chi connectivity index (χ4v) is 2.73. The van der Waals surface area contributed by atoms with Gasteiger partial charge in [0.1, 0.15) is 0 Å². The Morgan fingerprint density at radius 3 is 2.68 bits per heavy atom. The summed E-state index contributed by atoms with van der Waals surface area (Å²) in [5, 5.41) is 6.88. The highest BCUT2D eigenvalue weighted by atomic mass is 14.9. The van der Waals surface area contributed by atoms with Crippen molar-refractivity contribution < 1.29 is 0 Å². The average molecular weight is 250 g/mol. The molecule has 2 nitrogen and oxygen atoms in total. The van der Waals surface area contributed by atoms with Gasteiger partial charge < -0.3 is 10.6 Å². The van der Waals surface area contributed by atoms with Gasteiger partial charge in [-0.3, -0.25) is 0 Å². The van der Waals surface area contributed by atoms with Crippen LogP contribution in [0.25, 0.3) is 5.57 Å². The van der Waals surface area contributed by atoms with E-state index in [1.807, 2.05) is 7.05 Å². The molecule has 0 spiro atoms. The first kappa shape index (κ1) is 11.8. The molecular weight excluding hydrogens is 232 g/mol. The predicted octanol–water partition coefficient (Wildman–Crippen LogP) is 4.30. The summed E-state index contributed by atoms with van der Waals surface area (Å²) in [6.45, 7) is 4.23. The van der Waals surface area contributed by atoms with Crippen LogP contribution in [0.1, 0.15) is 23.6 Å². The van der Waals surface area contributed by atoms with Crippen LogP contribution in [-0.2, 0) is 0 Å². The number of nitrogens with one attached hydrogen (secondary N) is 2.